The minimum atomic E-state index is -4.69. The molecule has 2 aromatic heterocycles. The van der Waals surface area contributed by atoms with Crippen molar-refractivity contribution in [3.05, 3.63) is 67.4 Å². The summed E-state index contributed by atoms with van der Waals surface area (Å²) in [6.45, 7) is 0. The third kappa shape index (κ3) is 2.67. The summed E-state index contributed by atoms with van der Waals surface area (Å²) in [5, 5.41) is -0.117. The highest BCUT2D eigenvalue weighted by Crippen LogP contribution is 2.29. The van der Waals surface area contributed by atoms with Crippen LogP contribution in [-0.4, -0.2) is 14.5 Å². The van der Waals surface area contributed by atoms with Crippen molar-refractivity contribution in [1.29, 1.82) is 0 Å². The van der Waals surface area contributed by atoms with Crippen LogP contribution < -0.4 is 11.2 Å². The van der Waals surface area contributed by atoms with E-state index < -0.39 is 23.1 Å². The number of aromatic nitrogens is 3. The second kappa shape index (κ2) is 5.34. The van der Waals surface area contributed by atoms with Crippen molar-refractivity contribution >= 4 is 27.0 Å². The number of fused-ring (bicyclic) bond motifs is 1. The standard InChI is InChI=1S/C14H7BrF3N3O2/c15-8-3-1-2-4-9(8)21-11-7(12(22)20-13(21)23)5-6-10(19-11)14(16,17)18/h1-6H,(H,20,22,23). The predicted octanol–water partition coefficient (Wildman–Crippen LogP) is 2.86. The summed E-state index contributed by atoms with van der Waals surface area (Å²) < 4.78 is 40.0. The van der Waals surface area contributed by atoms with E-state index in [1.807, 2.05) is 0 Å². The van der Waals surface area contributed by atoms with Crippen molar-refractivity contribution in [3.8, 4) is 5.69 Å². The Morgan fingerprint density at radius 1 is 1.09 bits per heavy atom. The van der Waals surface area contributed by atoms with Gasteiger partial charge in [-0.1, -0.05) is 12.1 Å². The van der Waals surface area contributed by atoms with Crippen LogP contribution >= 0.6 is 15.9 Å². The van der Waals surface area contributed by atoms with Gasteiger partial charge in [0.25, 0.3) is 5.56 Å². The van der Waals surface area contributed by atoms with E-state index in [4.69, 9.17) is 0 Å². The lowest BCUT2D eigenvalue weighted by Crippen LogP contribution is -2.30. The van der Waals surface area contributed by atoms with Gasteiger partial charge in [0.05, 0.1) is 11.1 Å². The minimum absolute atomic E-state index is 0.117. The van der Waals surface area contributed by atoms with Crippen molar-refractivity contribution < 1.29 is 13.2 Å². The number of halogens is 4. The lowest BCUT2D eigenvalue weighted by Gasteiger charge is -2.12. The number of nitrogens with zero attached hydrogens (tertiary/aromatic N) is 2. The van der Waals surface area contributed by atoms with Crippen molar-refractivity contribution in [2.45, 2.75) is 6.18 Å². The number of hydrogen-bond acceptors (Lipinski definition) is 3. The van der Waals surface area contributed by atoms with Crippen LogP contribution in [0.25, 0.3) is 16.7 Å². The van der Waals surface area contributed by atoms with E-state index in [2.05, 4.69) is 25.9 Å². The first kappa shape index (κ1) is 15.5. The zero-order chi connectivity index (χ0) is 16.8. The van der Waals surface area contributed by atoms with E-state index >= 15 is 0 Å². The molecule has 0 aliphatic heterocycles. The molecular weight excluding hydrogens is 379 g/mol. The van der Waals surface area contributed by atoms with Crippen LogP contribution in [0.5, 0.6) is 0 Å². The molecule has 0 atom stereocenters. The molecule has 1 N–H and O–H groups in total. The van der Waals surface area contributed by atoms with Crippen molar-refractivity contribution in [3.63, 3.8) is 0 Å². The van der Waals surface area contributed by atoms with Gasteiger partial charge in [-0.05, 0) is 40.2 Å². The number of para-hydroxylation sites is 1. The van der Waals surface area contributed by atoms with Crippen LogP contribution in [-0.2, 0) is 6.18 Å². The normalized spacial score (nSPS) is 11.8. The molecule has 9 heteroatoms. The van der Waals surface area contributed by atoms with Crippen molar-refractivity contribution in [2.75, 3.05) is 0 Å². The third-order valence-electron chi connectivity index (χ3n) is 3.14. The topological polar surface area (TPSA) is 67.8 Å². The van der Waals surface area contributed by atoms with Crippen LogP contribution in [0.2, 0.25) is 0 Å². The summed E-state index contributed by atoms with van der Waals surface area (Å²) in [6.07, 6.45) is -4.69. The molecule has 5 nitrogen and oxygen atoms in total. The van der Waals surface area contributed by atoms with Gasteiger partial charge in [0, 0.05) is 4.47 Å². The van der Waals surface area contributed by atoms with Gasteiger partial charge < -0.3 is 0 Å². The number of rotatable bonds is 1. The minimum Gasteiger partial charge on any atom is -0.273 e. The first-order chi connectivity index (χ1) is 10.8. The van der Waals surface area contributed by atoms with Gasteiger partial charge in [-0.15, -0.1) is 0 Å². The molecule has 0 radical (unpaired) electrons. The first-order valence-corrected chi connectivity index (χ1v) is 7.06. The number of alkyl halides is 3. The Labute approximate surface area is 134 Å². The lowest BCUT2D eigenvalue weighted by molar-refractivity contribution is -0.141. The molecule has 0 spiro atoms. The van der Waals surface area contributed by atoms with E-state index in [0.717, 1.165) is 10.6 Å². The van der Waals surface area contributed by atoms with Gasteiger partial charge in [0.2, 0.25) is 0 Å². The molecule has 3 aromatic rings. The molecule has 118 valence electrons. The predicted molar refractivity (Wildman–Crippen MR) is 80.7 cm³/mol. The summed E-state index contributed by atoms with van der Waals surface area (Å²) in [5.74, 6) is 0. The molecule has 1 aromatic carbocycles. The molecule has 0 saturated heterocycles. The molecule has 0 amide bonds. The van der Waals surface area contributed by atoms with E-state index in [1.165, 1.54) is 6.07 Å². The maximum absolute atomic E-state index is 12.9. The SMILES string of the molecule is O=c1[nH]c(=O)n(-c2ccccc2Br)c2nc(C(F)(F)F)ccc12. The summed E-state index contributed by atoms with van der Waals surface area (Å²) in [7, 11) is 0. The lowest BCUT2D eigenvalue weighted by atomic mass is 10.2. The van der Waals surface area contributed by atoms with Gasteiger partial charge in [-0.3, -0.25) is 9.78 Å². The smallest absolute Gasteiger partial charge is 0.273 e. The molecule has 0 aliphatic carbocycles. The third-order valence-corrected chi connectivity index (χ3v) is 3.81. The Balaban J connectivity index is 2.48. The molecule has 3 rings (SSSR count). The second-order valence-corrected chi connectivity index (χ2v) is 5.47. The molecule has 0 bridgehead atoms. The van der Waals surface area contributed by atoms with Crippen LogP contribution in [0.3, 0.4) is 0 Å². The molecular formula is C14H7BrF3N3O2. The highest BCUT2D eigenvalue weighted by Gasteiger charge is 2.33. The highest BCUT2D eigenvalue weighted by atomic mass is 79.9. The Kier molecular flexibility index (Phi) is 3.59. The molecule has 0 saturated carbocycles. The van der Waals surface area contributed by atoms with Gasteiger partial charge in [-0.2, -0.15) is 13.2 Å². The number of nitrogens with one attached hydrogen (secondary N) is 1. The van der Waals surface area contributed by atoms with Crippen LogP contribution in [0.15, 0.2) is 50.5 Å². The first-order valence-electron chi connectivity index (χ1n) is 6.27. The summed E-state index contributed by atoms with van der Waals surface area (Å²) in [5.41, 5.74) is -2.95. The monoisotopic (exact) mass is 385 g/mol. The maximum atomic E-state index is 12.9. The Morgan fingerprint density at radius 2 is 1.78 bits per heavy atom. The van der Waals surface area contributed by atoms with Crippen LogP contribution in [0.1, 0.15) is 5.69 Å². The number of pyridine rings is 1. The fourth-order valence-corrected chi connectivity index (χ4v) is 2.59. The zero-order valence-electron chi connectivity index (χ0n) is 11.2. The largest absolute Gasteiger partial charge is 0.433 e. The average molecular weight is 386 g/mol. The summed E-state index contributed by atoms with van der Waals surface area (Å²) >= 11 is 3.23. The fraction of sp³-hybridized carbons (Fsp3) is 0.0714. The Hall–Kier alpha value is -2.42. The van der Waals surface area contributed by atoms with Crippen LogP contribution in [0, 0.1) is 0 Å². The molecule has 23 heavy (non-hydrogen) atoms. The van der Waals surface area contributed by atoms with Gasteiger partial charge in [-0.25, -0.2) is 14.3 Å². The van der Waals surface area contributed by atoms with Gasteiger partial charge in [0.15, 0.2) is 5.65 Å². The van der Waals surface area contributed by atoms with E-state index in [1.54, 1.807) is 18.2 Å². The fourth-order valence-electron chi connectivity index (χ4n) is 2.13. The quantitative estimate of drug-likeness (QED) is 0.700. The zero-order valence-corrected chi connectivity index (χ0v) is 12.8. The Morgan fingerprint density at radius 3 is 2.43 bits per heavy atom. The van der Waals surface area contributed by atoms with E-state index in [9.17, 15) is 22.8 Å². The Bertz CT molecular complexity index is 1020. The molecule has 0 unspecified atom stereocenters. The van der Waals surface area contributed by atoms with Crippen molar-refractivity contribution in [2.24, 2.45) is 0 Å². The van der Waals surface area contributed by atoms with Gasteiger partial charge in [0.1, 0.15) is 5.69 Å². The highest BCUT2D eigenvalue weighted by molar-refractivity contribution is 9.10. The molecule has 2 heterocycles. The van der Waals surface area contributed by atoms with Crippen LogP contribution in [0.4, 0.5) is 13.2 Å². The molecule has 0 fully saturated rings. The number of benzene rings is 1. The number of H-pyrrole nitrogens is 1. The summed E-state index contributed by atoms with van der Waals surface area (Å²) in [4.78, 5) is 29.5. The number of hydrogen-bond donors (Lipinski definition) is 1. The summed E-state index contributed by atoms with van der Waals surface area (Å²) in [6, 6.07) is 8.12. The average Bonchev–Trinajstić information content (AvgIpc) is 2.47. The van der Waals surface area contributed by atoms with E-state index in [0.29, 0.717) is 10.5 Å². The molecule has 0 aliphatic rings. The van der Waals surface area contributed by atoms with E-state index in [-0.39, 0.29) is 16.7 Å². The maximum Gasteiger partial charge on any atom is 0.433 e. The second-order valence-electron chi connectivity index (χ2n) is 4.61. The number of aromatic amines is 1. The van der Waals surface area contributed by atoms with Gasteiger partial charge >= 0.3 is 11.9 Å². The van der Waals surface area contributed by atoms with Crippen molar-refractivity contribution in [1.82, 2.24) is 14.5 Å².